The van der Waals surface area contributed by atoms with E-state index < -0.39 is 0 Å². The number of rotatable bonds is 9. The van der Waals surface area contributed by atoms with E-state index in [4.69, 9.17) is 4.74 Å². The summed E-state index contributed by atoms with van der Waals surface area (Å²) in [6.07, 6.45) is 1.40. The van der Waals surface area contributed by atoms with Crippen molar-refractivity contribution in [2.75, 3.05) is 46.4 Å². The van der Waals surface area contributed by atoms with Crippen LogP contribution in [0.25, 0.3) is 0 Å². The number of hydrogen-bond acceptors (Lipinski definition) is 4. The number of nitrogens with one attached hydrogen (secondary N) is 2. The van der Waals surface area contributed by atoms with Crippen molar-refractivity contribution in [1.29, 1.82) is 0 Å². The van der Waals surface area contributed by atoms with Crippen LogP contribution >= 0.6 is 0 Å². The van der Waals surface area contributed by atoms with Gasteiger partial charge in [-0.2, -0.15) is 0 Å². The molecule has 6 nitrogen and oxygen atoms in total. The Morgan fingerprint density at radius 3 is 2.89 bits per heavy atom. The molecular weight excluding hydrogens is 246 g/mol. The maximum Gasteiger partial charge on any atom is 0.225 e. The van der Waals surface area contributed by atoms with Crippen LogP contribution in [0.15, 0.2) is 0 Å². The van der Waals surface area contributed by atoms with Crippen molar-refractivity contribution in [3.05, 3.63) is 0 Å². The van der Waals surface area contributed by atoms with Gasteiger partial charge in [0.1, 0.15) is 0 Å². The fourth-order valence-corrected chi connectivity index (χ4v) is 2.09. The van der Waals surface area contributed by atoms with Crippen LogP contribution in [0.1, 0.15) is 19.8 Å². The lowest BCUT2D eigenvalue weighted by atomic mass is 10.1. The zero-order valence-corrected chi connectivity index (χ0v) is 11.9. The van der Waals surface area contributed by atoms with Crippen molar-refractivity contribution in [2.24, 2.45) is 5.92 Å². The Kier molecular flexibility index (Phi) is 7.43. The molecule has 0 radical (unpaired) electrons. The lowest BCUT2D eigenvalue weighted by Crippen LogP contribution is -2.37. The Morgan fingerprint density at radius 1 is 1.42 bits per heavy atom. The molecule has 1 unspecified atom stereocenters. The normalized spacial score (nSPS) is 18.9. The molecule has 0 spiro atoms. The van der Waals surface area contributed by atoms with E-state index in [1.54, 1.807) is 12.0 Å². The fraction of sp³-hybridized carbons (Fsp3) is 0.846. The fourth-order valence-electron chi connectivity index (χ4n) is 2.09. The number of hydrogen-bond donors (Lipinski definition) is 2. The lowest BCUT2D eigenvalue weighted by Gasteiger charge is -2.15. The van der Waals surface area contributed by atoms with Gasteiger partial charge in [0.2, 0.25) is 11.8 Å². The van der Waals surface area contributed by atoms with Gasteiger partial charge in [0.25, 0.3) is 0 Å². The summed E-state index contributed by atoms with van der Waals surface area (Å²) in [5.74, 6) is -0.191. The molecular formula is C13H25N3O3. The first kappa shape index (κ1) is 15.9. The van der Waals surface area contributed by atoms with E-state index >= 15 is 0 Å². The predicted octanol–water partition coefficient (Wildman–Crippen LogP) is -0.403. The summed E-state index contributed by atoms with van der Waals surface area (Å²) in [6, 6.07) is 0. The zero-order valence-electron chi connectivity index (χ0n) is 11.9. The minimum Gasteiger partial charge on any atom is -0.383 e. The van der Waals surface area contributed by atoms with E-state index in [-0.39, 0.29) is 17.7 Å². The molecule has 1 rings (SSSR count). The first-order chi connectivity index (χ1) is 9.19. The number of methoxy groups -OCH3 is 1. The highest BCUT2D eigenvalue weighted by Crippen LogP contribution is 2.17. The maximum atomic E-state index is 11.9. The highest BCUT2D eigenvalue weighted by atomic mass is 16.5. The summed E-state index contributed by atoms with van der Waals surface area (Å²) in [4.78, 5) is 25.3. The molecule has 0 bridgehead atoms. The third kappa shape index (κ3) is 5.57. The van der Waals surface area contributed by atoms with Crippen molar-refractivity contribution >= 4 is 11.8 Å². The summed E-state index contributed by atoms with van der Waals surface area (Å²) in [5.41, 5.74) is 0. The molecule has 0 aliphatic carbocycles. The summed E-state index contributed by atoms with van der Waals surface area (Å²) in [7, 11) is 1.61. The predicted molar refractivity (Wildman–Crippen MR) is 72.7 cm³/mol. The first-order valence-electron chi connectivity index (χ1n) is 6.94. The summed E-state index contributed by atoms with van der Waals surface area (Å²) in [5, 5.41) is 6.09. The number of nitrogens with zero attached hydrogens (tertiary/aromatic N) is 1. The van der Waals surface area contributed by atoms with E-state index in [0.29, 0.717) is 32.7 Å². The summed E-state index contributed by atoms with van der Waals surface area (Å²) >= 11 is 0. The molecule has 1 atom stereocenters. The van der Waals surface area contributed by atoms with Gasteiger partial charge in [-0.25, -0.2) is 0 Å². The topological polar surface area (TPSA) is 70.7 Å². The average Bonchev–Trinajstić information content (AvgIpc) is 2.77. The number of carbonyl (C=O) groups excluding carboxylic acids is 2. The molecule has 0 aromatic rings. The molecule has 1 aliphatic heterocycles. The van der Waals surface area contributed by atoms with E-state index in [1.165, 1.54) is 0 Å². The largest absolute Gasteiger partial charge is 0.383 e. The summed E-state index contributed by atoms with van der Waals surface area (Å²) < 4.78 is 4.95. The first-order valence-corrected chi connectivity index (χ1v) is 6.94. The average molecular weight is 271 g/mol. The van der Waals surface area contributed by atoms with E-state index in [0.717, 1.165) is 19.5 Å². The summed E-state index contributed by atoms with van der Waals surface area (Å²) in [6.45, 7) is 6.04. The van der Waals surface area contributed by atoms with Crippen LogP contribution in [0, 0.1) is 5.92 Å². The minimum absolute atomic E-state index is 0.0217. The number of carbonyl (C=O) groups is 2. The number of amides is 2. The standard InChI is InChI=1S/C13H25N3O3/c1-3-4-14-5-6-15-13(18)11-9-12(17)16(10-11)7-8-19-2/h11,14H,3-10H2,1-2H3,(H,15,18). The van der Waals surface area contributed by atoms with Crippen molar-refractivity contribution < 1.29 is 14.3 Å². The molecule has 1 heterocycles. The van der Waals surface area contributed by atoms with Crippen molar-refractivity contribution in [2.45, 2.75) is 19.8 Å². The van der Waals surface area contributed by atoms with Crippen LogP contribution in [0.2, 0.25) is 0 Å². The van der Waals surface area contributed by atoms with Gasteiger partial charge in [0.15, 0.2) is 0 Å². The quantitative estimate of drug-likeness (QED) is 0.560. The van der Waals surface area contributed by atoms with Gasteiger partial charge in [-0.05, 0) is 13.0 Å². The van der Waals surface area contributed by atoms with Crippen LogP contribution in [0.5, 0.6) is 0 Å². The highest BCUT2D eigenvalue weighted by molar-refractivity contribution is 5.89. The van der Waals surface area contributed by atoms with E-state index in [2.05, 4.69) is 17.6 Å². The van der Waals surface area contributed by atoms with Crippen molar-refractivity contribution in [1.82, 2.24) is 15.5 Å². The zero-order chi connectivity index (χ0) is 14.1. The highest BCUT2D eigenvalue weighted by Gasteiger charge is 2.33. The second kappa shape index (κ2) is 8.87. The molecule has 110 valence electrons. The second-order valence-electron chi connectivity index (χ2n) is 4.77. The SMILES string of the molecule is CCCNCCNC(=O)C1CC(=O)N(CCOC)C1. The van der Waals surface area contributed by atoms with E-state index in [1.807, 2.05) is 0 Å². The Morgan fingerprint density at radius 2 is 2.21 bits per heavy atom. The Balaban J connectivity index is 2.21. The second-order valence-corrected chi connectivity index (χ2v) is 4.77. The molecule has 1 fully saturated rings. The Labute approximate surface area is 114 Å². The Hall–Kier alpha value is -1.14. The Bertz CT molecular complexity index is 297. The van der Waals surface area contributed by atoms with Gasteiger partial charge < -0.3 is 20.3 Å². The van der Waals surface area contributed by atoms with Gasteiger partial charge in [0, 0.05) is 39.7 Å². The van der Waals surface area contributed by atoms with Crippen LogP contribution < -0.4 is 10.6 Å². The van der Waals surface area contributed by atoms with Crippen LogP contribution in [-0.4, -0.2) is 63.2 Å². The molecule has 1 aliphatic rings. The van der Waals surface area contributed by atoms with Gasteiger partial charge >= 0.3 is 0 Å². The maximum absolute atomic E-state index is 11.9. The molecule has 2 N–H and O–H groups in total. The van der Waals surface area contributed by atoms with Gasteiger partial charge in [0.05, 0.1) is 12.5 Å². The minimum atomic E-state index is -0.212. The van der Waals surface area contributed by atoms with Crippen LogP contribution in [0.3, 0.4) is 0 Å². The molecule has 0 saturated carbocycles. The molecule has 0 aromatic carbocycles. The third-order valence-electron chi connectivity index (χ3n) is 3.18. The number of likely N-dealkylation sites (tertiary alicyclic amines) is 1. The lowest BCUT2D eigenvalue weighted by molar-refractivity contribution is -0.129. The van der Waals surface area contributed by atoms with Crippen LogP contribution in [-0.2, 0) is 14.3 Å². The molecule has 6 heteroatoms. The van der Waals surface area contributed by atoms with Gasteiger partial charge in [-0.3, -0.25) is 9.59 Å². The third-order valence-corrected chi connectivity index (χ3v) is 3.18. The monoisotopic (exact) mass is 271 g/mol. The molecule has 0 aromatic heterocycles. The number of ether oxygens (including phenoxy) is 1. The van der Waals surface area contributed by atoms with Gasteiger partial charge in [-0.15, -0.1) is 0 Å². The smallest absolute Gasteiger partial charge is 0.225 e. The molecule has 2 amide bonds. The van der Waals surface area contributed by atoms with Crippen molar-refractivity contribution in [3.8, 4) is 0 Å². The van der Waals surface area contributed by atoms with Crippen molar-refractivity contribution in [3.63, 3.8) is 0 Å². The molecule has 1 saturated heterocycles. The van der Waals surface area contributed by atoms with Crippen LogP contribution in [0.4, 0.5) is 0 Å². The van der Waals surface area contributed by atoms with Gasteiger partial charge in [-0.1, -0.05) is 6.92 Å². The van der Waals surface area contributed by atoms with E-state index in [9.17, 15) is 9.59 Å². The molecule has 19 heavy (non-hydrogen) atoms.